The van der Waals surface area contributed by atoms with Crippen molar-refractivity contribution in [2.24, 2.45) is 0 Å². The van der Waals surface area contributed by atoms with Gasteiger partial charge in [0.05, 0.1) is 16.9 Å². The van der Waals surface area contributed by atoms with Crippen LogP contribution in [0.1, 0.15) is 5.56 Å². The first-order valence-corrected chi connectivity index (χ1v) is 5.73. The predicted octanol–water partition coefficient (Wildman–Crippen LogP) is 4.11. The topological polar surface area (TPSA) is 29.5 Å². The Balaban J connectivity index is 2.16. The summed E-state index contributed by atoms with van der Waals surface area (Å²) in [5, 5.41) is 0. The van der Waals surface area contributed by atoms with E-state index < -0.39 is 11.7 Å². The van der Waals surface area contributed by atoms with Crippen LogP contribution in [-0.2, 0) is 11.0 Å². The predicted molar refractivity (Wildman–Crippen MR) is 66.2 cm³/mol. The fourth-order valence-corrected chi connectivity index (χ4v) is 2.07. The molecule has 0 saturated carbocycles. The van der Waals surface area contributed by atoms with Gasteiger partial charge >= 0.3 is 6.18 Å². The molecule has 0 fully saturated rings. The average molecular weight is 279 g/mol. The number of halogens is 3. The van der Waals surface area contributed by atoms with Crippen molar-refractivity contribution in [3.63, 3.8) is 0 Å². The molecule has 0 unspecified atom stereocenters. The number of amides is 1. The first kappa shape index (κ1) is 12.5. The summed E-state index contributed by atoms with van der Waals surface area (Å²) in [7, 11) is 0. The van der Waals surface area contributed by atoms with E-state index in [4.69, 9.17) is 4.74 Å². The lowest BCUT2D eigenvalue weighted by Crippen LogP contribution is -2.20. The molecule has 0 saturated heterocycles. The van der Waals surface area contributed by atoms with Gasteiger partial charge in [-0.3, -0.25) is 9.69 Å². The lowest BCUT2D eigenvalue weighted by molar-refractivity contribution is -0.137. The van der Waals surface area contributed by atoms with Gasteiger partial charge in [-0.2, -0.15) is 13.2 Å². The maximum Gasteiger partial charge on any atom is 0.416 e. The van der Waals surface area contributed by atoms with Crippen molar-refractivity contribution in [2.45, 2.75) is 6.18 Å². The Morgan fingerprint density at radius 1 is 1.00 bits per heavy atom. The molecule has 20 heavy (non-hydrogen) atoms. The minimum Gasteiger partial charge on any atom is -0.453 e. The van der Waals surface area contributed by atoms with Crippen LogP contribution in [0.2, 0.25) is 0 Å². The maximum absolute atomic E-state index is 12.7. The van der Waals surface area contributed by atoms with Gasteiger partial charge in [-0.25, -0.2) is 0 Å². The number of nitrogens with zero attached hydrogens (tertiary/aromatic N) is 1. The number of carbonyl (C=O) groups is 1. The monoisotopic (exact) mass is 279 g/mol. The molecular weight excluding hydrogens is 271 g/mol. The number of alkyl halides is 3. The van der Waals surface area contributed by atoms with E-state index in [1.165, 1.54) is 6.07 Å². The number of hydrogen-bond acceptors (Lipinski definition) is 2. The molecule has 2 aromatic rings. The Morgan fingerprint density at radius 3 is 2.40 bits per heavy atom. The Hall–Kier alpha value is -2.50. The summed E-state index contributed by atoms with van der Waals surface area (Å²) in [5.74, 6) is 0.635. The van der Waals surface area contributed by atoms with E-state index in [1.54, 1.807) is 24.3 Å². The van der Waals surface area contributed by atoms with Crippen LogP contribution in [0, 0.1) is 0 Å². The highest BCUT2D eigenvalue weighted by Crippen LogP contribution is 2.47. The van der Waals surface area contributed by atoms with Crippen molar-refractivity contribution in [1.29, 1.82) is 0 Å². The van der Waals surface area contributed by atoms with Crippen LogP contribution >= 0.6 is 0 Å². The zero-order chi connectivity index (χ0) is 14.3. The van der Waals surface area contributed by atoms with Crippen molar-refractivity contribution in [1.82, 2.24) is 0 Å². The highest BCUT2D eigenvalue weighted by molar-refractivity contribution is 5.93. The summed E-state index contributed by atoms with van der Waals surface area (Å²) >= 11 is 0. The largest absolute Gasteiger partial charge is 0.453 e. The van der Waals surface area contributed by atoms with E-state index >= 15 is 0 Å². The number of benzene rings is 2. The van der Waals surface area contributed by atoms with E-state index in [2.05, 4.69) is 0 Å². The minimum absolute atomic E-state index is 0.0773. The SMILES string of the molecule is O=CN1c2ccccc2Oc2ccc(C(F)(F)F)cc21. The maximum atomic E-state index is 12.7. The Labute approximate surface area is 112 Å². The summed E-state index contributed by atoms with van der Waals surface area (Å²) in [6, 6.07) is 9.69. The smallest absolute Gasteiger partial charge is 0.416 e. The van der Waals surface area contributed by atoms with Gasteiger partial charge in [0.2, 0.25) is 6.41 Å². The van der Waals surface area contributed by atoms with E-state index in [9.17, 15) is 18.0 Å². The number of fused-ring (bicyclic) bond motifs is 2. The molecule has 0 bridgehead atoms. The molecule has 0 spiro atoms. The number of rotatable bonds is 1. The summed E-state index contributed by atoms with van der Waals surface area (Å²) in [6.07, 6.45) is -4.00. The molecule has 1 heterocycles. The number of ether oxygens (including phenoxy) is 1. The lowest BCUT2D eigenvalue weighted by atomic mass is 10.1. The van der Waals surface area contributed by atoms with E-state index in [1.807, 2.05) is 0 Å². The molecular formula is C14H8F3NO2. The fraction of sp³-hybridized carbons (Fsp3) is 0.0714. The van der Waals surface area contributed by atoms with E-state index in [0.29, 0.717) is 17.8 Å². The van der Waals surface area contributed by atoms with Gasteiger partial charge in [-0.1, -0.05) is 12.1 Å². The van der Waals surface area contributed by atoms with Crippen LogP contribution in [0.3, 0.4) is 0 Å². The molecule has 102 valence electrons. The van der Waals surface area contributed by atoms with Crippen LogP contribution in [0.5, 0.6) is 11.5 Å². The molecule has 0 aromatic heterocycles. The molecule has 0 radical (unpaired) electrons. The van der Waals surface area contributed by atoms with Crippen molar-refractivity contribution in [3.05, 3.63) is 48.0 Å². The molecule has 2 aromatic carbocycles. The van der Waals surface area contributed by atoms with Crippen molar-refractivity contribution < 1.29 is 22.7 Å². The quantitative estimate of drug-likeness (QED) is 0.735. The van der Waals surface area contributed by atoms with Gasteiger partial charge in [0, 0.05) is 0 Å². The molecule has 6 heteroatoms. The van der Waals surface area contributed by atoms with Crippen molar-refractivity contribution in [3.8, 4) is 11.5 Å². The van der Waals surface area contributed by atoms with E-state index in [0.717, 1.165) is 17.0 Å². The molecule has 0 aliphatic carbocycles. The van der Waals surface area contributed by atoms with E-state index in [-0.39, 0.29) is 11.4 Å². The normalized spacial score (nSPS) is 13.2. The molecule has 0 N–H and O–H groups in total. The zero-order valence-electron chi connectivity index (χ0n) is 10.0. The van der Waals surface area contributed by atoms with Crippen molar-refractivity contribution in [2.75, 3.05) is 4.90 Å². The van der Waals surface area contributed by atoms with Crippen LogP contribution in [0.25, 0.3) is 0 Å². The molecule has 3 rings (SSSR count). The third-order valence-electron chi connectivity index (χ3n) is 3.00. The first-order chi connectivity index (χ1) is 9.50. The first-order valence-electron chi connectivity index (χ1n) is 5.73. The molecule has 1 amide bonds. The fourth-order valence-electron chi connectivity index (χ4n) is 2.07. The highest BCUT2D eigenvalue weighted by atomic mass is 19.4. The highest BCUT2D eigenvalue weighted by Gasteiger charge is 2.33. The second-order valence-electron chi connectivity index (χ2n) is 4.23. The number of para-hydroxylation sites is 2. The number of carbonyl (C=O) groups excluding carboxylic acids is 1. The second-order valence-corrected chi connectivity index (χ2v) is 4.23. The third-order valence-corrected chi connectivity index (χ3v) is 3.00. The summed E-state index contributed by atoms with van der Waals surface area (Å²) < 4.78 is 43.7. The zero-order valence-corrected chi connectivity index (χ0v) is 10.0. The van der Waals surface area contributed by atoms with Gasteiger partial charge in [-0.15, -0.1) is 0 Å². The number of anilines is 2. The average Bonchev–Trinajstić information content (AvgIpc) is 2.43. The summed E-state index contributed by atoms with van der Waals surface area (Å²) in [4.78, 5) is 12.4. The summed E-state index contributed by atoms with van der Waals surface area (Å²) in [5.41, 5.74) is -0.339. The van der Waals surface area contributed by atoms with Crippen LogP contribution in [0.15, 0.2) is 42.5 Å². The Morgan fingerprint density at radius 2 is 1.70 bits per heavy atom. The molecule has 3 nitrogen and oxygen atoms in total. The van der Waals surface area contributed by atoms with Gasteiger partial charge in [0.25, 0.3) is 0 Å². The van der Waals surface area contributed by atoms with Crippen molar-refractivity contribution >= 4 is 17.8 Å². The molecule has 1 aliphatic rings. The lowest BCUT2D eigenvalue weighted by Gasteiger charge is -2.28. The second kappa shape index (κ2) is 4.26. The number of hydrogen-bond donors (Lipinski definition) is 0. The Kier molecular flexibility index (Phi) is 2.67. The van der Waals surface area contributed by atoms with Crippen LogP contribution in [-0.4, -0.2) is 6.41 Å². The molecule has 0 atom stereocenters. The van der Waals surface area contributed by atoms with Crippen LogP contribution in [0.4, 0.5) is 24.5 Å². The third kappa shape index (κ3) is 1.89. The van der Waals surface area contributed by atoms with Gasteiger partial charge in [0.1, 0.15) is 0 Å². The van der Waals surface area contributed by atoms with Gasteiger partial charge in [0.15, 0.2) is 11.5 Å². The van der Waals surface area contributed by atoms with Crippen LogP contribution < -0.4 is 9.64 Å². The van der Waals surface area contributed by atoms with Gasteiger partial charge in [-0.05, 0) is 30.3 Å². The Bertz CT molecular complexity index is 682. The van der Waals surface area contributed by atoms with Gasteiger partial charge < -0.3 is 4.74 Å². The standard InChI is InChI=1S/C14H8F3NO2/c15-14(16,17)9-5-6-13-11(7-9)18(8-19)10-3-1-2-4-12(10)20-13/h1-8H. The minimum atomic E-state index is -4.47. The molecule has 1 aliphatic heterocycles. The summed E-state index contributed by atoms with van der Waals surface area (Å²) in [6.45, 7) is 0.